The number of nitrogens with zero attached hydrogens (tertiary/aromatic N) is 3. The number of halogens is 3. The van der Waals surface area contributed by atoms with Gasteiger partial charge in [-0.05, 0) is 12.1 Å². The Labute approximate surface area is 148 Å². The molecule has 26 heavy (non-hydrogen) atoms. The van der Waals surface area contributed by atoms with Crippen LogP contribution in [-0.4, -0.2) is 44.1 Å². The molecule has 0 bridgehead atoms. The van der Waals surface area contributed by atoms with Crippen LogP contribution in [0.15, 0.2) is 46.5 Å². The molecule has 136 valence electrons. The third-order valence-corrected chi connectivity index (χ3v) is 4.12. The fourth-order valence-electron chi connectivity index (χ4n) is 2.11. The monoisotopic (exact) mass is 383 g/mol. The number of hydrogen-bond acceptors (Lipinski definition) is 5. The molecule has 0 spiro atoms. The van der Waals surface area contributed by atoms with E-state index >= 15 is 0 Å². The third-order valence-electron chi connectivity index (χ3n) is 3.24. The SMILES string of the molecule is O=C(CSc1nc2c(cnn2-c2ccccc2)c(=O)[nH]1)NCC(F)(F)F. The molecule has 3 aromatic rings. The molecule has 1 aromatic carbocycles. The number of fused-ring (bicyclic) bond motifs is 1. The van der Waals surface area contributed by atoms with Gasteiger partial charge in [-0.25, -0.2) is 9.67 Å². The number of para-hydroxylation sites is 1. The second-order valence-electron chi connectivity index (χ2n) is 5.18. The lowest BCUT2D eigenvalue weighted by molar-refractivity contribution is -0.136. The standard InChI is InChI=1S/C15H12F3N5O2S/c16-15(17,18)8-19-11(24)7-26-14-21-12-10(13(25)22-14)6-20-23(12)9-4-2-1-3-5-9/h1-6H,7-8H2,(H,19,24)(H,21,22,25). The molecule has 0 radical (unpaired) electrons. The van der Waals surface area contributed by atoms with Crippen LogP contribution in [0.1, 0.15) is 0 Å². The van der Waals surface area contributed by atoms with Gasteiger partial charge in [0.1, 0.15) is 11.9 Å². The number of alkyl halides is 3. The van der Waals surface area contributed by atoms with E-state index in [4.69, 9.17) is 0 Å². The lowest BCUT2D eigenvalue weighted by Gasteiger charge is -2.08. The van der Waals surface area contributed by atoms with Gasteiger partial charge in [0.15, 0.2) is 10.8 Å². The van der Waals surface area contributed by atoms with E-state index in [0.29, 0.717) is 5.69 Å². The van der Waals surface area contributed by atoms with Crippen LogP contribution in [0.25, 0.3) is 16.7 Å². The summed E-state index contributed by atoms with van der Waals surface area (Å²) in [7, 11) is 0. The molecular weight excluding hydrogens is 371 g/mol. The van der Waals surface area contributed by atoms with Crippen molar-refractivity contribution in [2.24, 2.45) is 0 Å². The molecule has 2 N–H and O–H groups in total. The Morgan fingerprint density at radius 2 is 2.00 bits per heavy atom. The topological polar surface area (TPSA) is 92.7 Å². The van der Waals surface area contributed by atoms with Crippen molar-refractivity contribution in [2.45, 2.75) is 11.3 Å². The first-order chi connectivity index (χ1) is 12.3. The third kappa shape index (κ3) is 4.23. The maximum absolute atomic E-state index is 12.1. The van der Waals surface area contributed by atoms with Crippen LogP contribution in [0.5, 0.6) is 0 Å². The molecule has 3 rings (SSSR count). The molecule has 0 fully saturated rings. The molecule has 0 aliphatic carbocycles. The van der Waals surface area contributed by atoms with E-state index in [-0.39, 0.29) is 21.9 Å². The lowest BCUT2D eigenvalue weighted by atomic mass is 10.3. The predicted octanol–water partition coefficient (Wildman–Crippen LogP) is 1.88. The van der Waals surface area contributed by atoms with Gasteiger partial charge in [0.25, 0.3) is 5.56 Å². The highest BCUT2D eigenvalue weighted by Crippen LogP contribution is 2.18. The average Bonchev–Trinajstić information content (AvgIpc) is 3.03. The van der Waals surface area contributed by atoms with Crippen molar-refractivity contribution in [1.82, 2.24) is 25.1 Å². The Morgan fingerprint density at radius 3 is 2.69 bits per heavy atom. The Morgan fingerprint density at radius 1 is 1.27 bits per heavy atom. The number of amides is 1. The molecule has 0 aliphatic rings. The number of hydrogen-bond donors (Lipinski definition) is 2. The zero-order valence-electron chi connectivity index (χ0n) is 13.1. The van der Waals surface area contributed by atoms with Crippen molar-refractivity contribution in [3.05, 3.63) is 46.9 Å². The number of carbonyl (C=O) groups is 1. The fraction of sp³-hybridized carbons (Fsp3) is 0.200. The van der Waals surface area contributed by atoms with Crippen molar-refractivity contribution in [3.63, 3.8) is 0 Å². The van der Waals surface area contributed by atoms with Crippen molar-refractivity contribution < 1.29 is 18.0 Å². The number of thioether (sulfide) groups is 1. The second-order valence-corrected chi connectivity index (χ2v) is 6.14. The van der Waals surface area contributed by atoms with Gasteiger partial charge in [0.05, 0.1) is 17.6 Å². The van der Waals surface area contributed by atoms with Crippen molar-refractivity contribution in [3.8, 4) is 5.69 Å². The first kappa shape index (κ1) is 18.0. The maximum Gasteiger partial charge on any atom is 0.405 e. The van der Waals surface area contributed by atoms with Crippen molar-refractivity contribution >= 4 is 28.7 Å². The Bertz CT molecular complexity index is 984. The lowest BCUT2D eigenvalue weighted by Crippen LogP contribution is -2.34. The zero-order valence-corrected chi connectivity index (χ0v) is 13.9. The van der Waals surface area contributed by atoms with Crippen LogP contribution in [0, 0.1) is 0 Å². The van der Waals surface area contributed by atoms with Gasteiger partial charge in [-0.15, -0.1) is 0 Å². The normalized spacial score (nSPS) is 11.7. The number of aromatic amines is 1. The summed E-state index contributed by atoms with van der Waals surface area (Å²) >= 11 is 0.828. The minimum Gasteiger partial charge on any atom is -0.346 e. The molecule has 0 aliphatic heterocycles. The van der Waals surface area contributed by atoms with Gasteiger partial charge in [-0.1, -0.05) is 30.0 Å². The summed E-state index contributed by atoms with van der Waals surface area (Å²) in [5.74, 6) is -1.13. The summed E-state index contributed by atoms with van der Waals surface area (Å²) < 4.78 is 37.7. The Kier molecular flexibility index (Phi) is 4.98. The van der Waals surface area contributed by atoms with Crippen molar-refractivity contribution in [2.75, 3.05) is 12.3 Å². The van der Waals surface area contributed by atoms with E-state index in [1.165, 1.54) is 10.9 Å². The number of benzene rings is 1. The highest BCUT2D eigenvalue weighted by atomic mass is 32.2. The molecule has 1 amide bonds. The molecule has 11 heteroatoms. The molecule has 2 heterocycles. The van der Waals surface area contributed by atoms with E-state index in [9.17, 15) is 22.8 Å². The Hall–Kier alpha value is -2.82. The molecule has 0 saturated carbocycles. The first-order valence-electron chi connectivity index (χ1n) is 7.33. The van der Waals surface area contributed by atoms with Gasteiger partial charge in [0.2, 0.25) is 5.91 Å². The summed E-state index contributed by atoms with van der Waals surface area (Å²) in [5, 5.41) is 6.27. The minimum absolute atomic E-state index is 0.113. The molecule has 2 aromatic heterocycles. The van der Waals surface area contributed by atoms with Gasteiger partial charge in [0, 0.05) is 0 Å². The van der Waals surface area contributed by atoms with Gasteiger partial charge >= 0.3 is 6.18 Å². The van der Waals surface area contributed by atoms with Gasteiger partial charge < -0.3 is 10.3 Å². The van der Waals surface area contributed by atoms with E-state index < -0.39 is 24.2 Å². The first-order valence-corrected chi connectivity index (χ1v) is 8.32. The smallest absolute Gasteiger partial charge is 0.346 e. The summed E-state index contributed by atoms with van der Waals surface area (Å²) in [4.78, 5) is 30.4. The number of H-pyrrole nitrogens is 1. The molecule has 0 saturated heterocycles. The number of rotatable bonds is 5. The van der Waals surface area contributed by atoms with E-state index in [2.05, 4.69) is 15.1 Å². The highest BCUT2D eigenvalue weighted by Gasteiger charge is 2.27. The van der Waals surface area contributed by atoms with E-state index in [1.807, 2.05) is 6.07 Å². The van der Waals surface area contributed by atoms with Crippen LogP contribution in [0.4, 0.5) is 13.2 Å². The predicted molar refractivity (Wildman–Crippen MR) is 89.3 cm³/mol. The summed E-state index contributed by atoms with van der Waals surface area (Å²) in [6.07, 6.45) is -3.10. The number of carbonyl (C=O) groups excluding carboxylic acids is 1. The molecule has 0 atom stereocenters. The van der Waals surface area contributed by atoms with Gasteiger partial charge in [-0.2, -0.15) is 18.3 Å². The largest absolute Gasteiger partial charge is 0.405 e. The summed E-state index contributed by atoms with van der Waals surface area (Å²) in [5.41, 5.74) is 0.535. The van der Waals surface area contributed by atoms with Crippen LogP contribution >= 0.6 is 11.8 Å². The van der Waals surface area contributed by atoms with Crippen LogP contribution in [0.3, 0.4) is 0 Å². The summed E-state index contributed by atoms with van der Waals surface area (Å²) in [6, 6.07) is 9.00. The molecular formula is C15H12F3N5O2S. The van der Waals surface area contributed by atoms with Crippen LogP contribution < -0.4 is 10.9 Å². The highest BCUT2D eigenvalue weighted by molar-refractivity contribution is 7.99. The minimum atomic E-state index is -4.48. The molecule has 0 unspecified atom stereocenters. The fourth-order valence-corrected chi connectivity index (χ4v) is 2.79. The van der Waals surface area contributed by atoms with Crippen LogP contribution in [-0.2, 0) is 4.79 Å². The quantitative estimate of drug-likeness (QED) is 0.518. The van der Waals surface area contributed by atoms with Crippen LogP contribution in [0.2, 0.25) is 0 Å². The van der Waals surface area contributed by atoms with Crippen molar-refractivity contribution in [1.29, 1.82) is 0 Å². The molecule has 7 nitrogen and oxygen atoms in total. The van der Waals surface area contributed by atoms with E-state index in [1.54, 1.807) is 29.6 Å². The van der Waals surface area contributed by atoms with Gasteiger partial charge in [-0.3, -0.25) is 9.59 Å². The zero-order chi connectivity index (χ0) is 18.7. The number of nitrogens with one attached hydrogen (secondary N) is 2. The Balaban J connectivity index is 1.80. The second kappa shape index (κ2) is 7.20. The average molecular weight is 383 g/mol. The van der Waals surface area contributed by atoms with E-state index in [0.717, 1.165) is 11.8 Å². The summed E-state index contributed by atoms with van der Waals surface area (Å²) in [6.45, 7) is -1.41. The number of aromatic nitrogens is 4. The maximum atomic E-state index is 12.1.